The molecule has 3 rings (SSSR count). The summed E-state index contributed by atoms with van der Waals surface area (Å²) >= 11 is 0. The molecule has 5 nitrogen and oxygen atoms in total. The summed E-state index contributed by atoms with van der Waals surface area (Å²) < 4.78 is 32.1. The molecule has 1 heterocycles. The Bertz CT molecular complexity index is 762. The second-order valence-electron chi connectivity index (χ2n) is 5.70. The van der Waals surface area contributed by atoms with Gasteiger partial charge in [0.25, 0.3) is 0 Å². The smallest absolute Gasteiger partial charge is 0.322 e. The first-order valence-corrected chi connectivity index (χ1v) is 7.97. The second-order valence-corrected chi connectivity index (χ2v) is 5.70. The Labute approximate surface area is 144 Å². The fraction of sp³-hybridized carbons (Fsp3) is 0.278. The Morgan fingerprint density at radius 3 is 2.48 bits per heavy atom. The van der Waals surface area contributed by atoms with Crippen LogP contribution in [0.1, 0.15) is 0 Å². The average molecular weight is 347 g/mol. The first kappa shape index (κ1) is 17.0. The third-order valence-electron chi connectivity index (χ3n) is 4.17. The normalized spacial score (nSPS) is 14.4. The van der Waals surface area contributed by atoms with Crippen molar-refractivity contribution in [2.75, 3.05) is 43.5 Å². The van der Waals surface area contributed by atoms with Gasteiger partial charge in [-0.1, -0.05) is 12.1 Å². The molecule has 2 aromatic carbocycles. The van der Waals surface area contributed by atoms with E-state index in [0.717, 1.165) is 6.07 Å². The lowest BCUT2D eigenvalue weighted by atomic mass is 10.2. The molecule has 0 bridgehead atoms. The highest BCUT2D eigenvalue weighted by Gasteiger charge is 2.23. The molecule has 1 saturated heterocycles. The van der Waals surface area contributed by atoms with Crippen LogP contribution in [-0.2, 0) is 0 Å². The Morgan fingerprint density at radius 1 is 1.08 bits per heavy atom. The van der Waals surface area contributed by atoms with Gasteiger partial charge in [-0.3, -0.25) is 0 Å². The fourth-order valence-corrected chi connectivity index (χ4v) is 2.83. The van der Waals surface area contributed by atoms with Crippen LogP contribution in [0.5, 0.6) is 5.75 Å². The third-order valence-corrected chi connectivity index (χ3v) is 4.17. The summed E-state index contributed by atoms with van der Waals surface area (Å²) in [5, 5.41) is 2.82. The molecule has 0 unspecified atom stereocenters. The summed E-state index contributed by atoms with van der Waals surface area (Å²) in [5.41, 5.74) is 0.952. The van der Waals surface area contributed by atoms with Crippen LogP contribution in [0.2, 0.25) is 0 Å². The van der Waals surface area contributed by atoms with Gasteiger partial charge in [-0.15, -0.1) is 0 Å². The number of halogens is 2. The number of para-hydroxylation sites is 2. The highest BCUT2D eigenvalue weighted by Crippen LogP contribution is 2.24. The minimum Gasteiger partial charge on any atom is -0.495 e. The van der Waals surface area contributed by atoms with E-state index in [1.165, 1.54) is 12.1 Å². The van der Waals surface area contributed by atoms with Crippen LogP contribution in [0.25, 0.3) is 0 Å². The molecule has 0 aliphatic carbocycles. The van der Waals surface area contributed by atoms with E-state index in [-0.39, 0.29) is 6.03 Å². The Hall–Kier alpha value is -2.83. The van der Waals surface area contributed by atoms with Gasteiger partial charge in [0.1, 0.15) is 17.4 Å². The average Bonchev–Trinajstić information content (AvgIpc) is 2.62. The summed E-state index contributed by atoms with van der Waals surface area (Å²) in [4.78, 5) is 15.9. The van der Waals surface area contributed by atoms with Crippen LogP contribution >= 0.6 is 0 Å². The first-order valence-electron chi connectivity index (χ1n) is 7.97. The minimum absolute atomic E-state index is 0.233. The van der Waals surface area contributed by atoms with E-state index >= 15 is 0 Å². The zero-order valence-electron chi connectivity index (χ0n) is 13.8. The van der Waals surface area contributed by atoms with Crippen LogP contribution in [0.3, 0.4) is 0 Å². The number of hydrogen-bond acceptors (Lipinski definition) is 3. The maximum Gasteiger partial charge on any atom is 0.322 e. The van der Waals surface area contributed by atoms with Crippen LogP contribution in [-0.4, -0.2) is 44.2 Å². The number of carbonyl (C=O) groups excluding carboxylic acids is 1. The molecule has 0 spiro atoms. The fourth-order valence-electron chi connectivity index (χ4n) is 2.83. The van der Waals surface area contributed by atoms with E-state index in [0.29, 0.717) is 43.3 Å². The lowest BCUT2D eigenvalue weighted by molar-refractivity contribution is 0.208. The van der Waals surface area contributed by atoms with E-state index < -0.39 is 11.6 Å². The topological polar surface area (TPSA) is 44.8 Å². The molecule has 2 amide bonds. The van der Waals surface area contributed by atoms with Gasteiger partial charge in [-0.2, -0.15) is 0 Å². The molecule has 25 heavy (non-hydrogen) atoms. The molecule has 0 aromatic heterocycles. The lowest BCUT2D eigenvalue weighted by Gasteiger charge is -2.36. The predicted molar refractivity (Wildman–Crippen MR) is 92.2 cm³/mol. The van der Waals surface area contributed by atoms with Crippen LogP contribution < -0.4 is 15.0 Å². The maximum absolute atomic E-state index is 13.9. The van der Waals surface area contributed by atoms with Gasteiger partial charge >= 0.3 is 6.03 Å². The number of methoxy groups -OCH3 is 1. The first-order chi connectivity index (χ1) is 12.1. The van der Waals surface area contributed by atoms with Crippen LogP contribution in [0.15, 0.2) is 42.5 Å². The molecule has 1 N–H and O–H groups in total. The highest BCUT2D eigenvalue weighted by molar-refractivity contribution is 5.91. The SMILES string of the molecule is COc1ccccc1NC(=O)N1CCN(c2ccc(F)cc2F)CC1. The largest absolute Gasteiger partial charge is 0.495 e. The predicted octanol–water partition coefficient (Wildman–Crippen LogP) is 3.33. The number of urea groups is 1. The van der Waals surface area contributed by atoms with E-state index in [2.05, 4.69) is 5.32 Å². The summed E-state index contributed by atoms with van der Waals surface area (Å²) in [6.07, 6.45) is 0. The molecular weight excluding hydrogens is 328 g/mol. The molecule has 132 valence electrons. The quantitative estimate of drug-likeness (QED) is 0.926. The van der Waals surface area contributed by atoms with Gasteiger partial charge in [0.15, 0.2) is 0 Å². The number of amides is 2. The van der Waals surface area contributed by atoms with Crippen molar-refractivity contribution in [3.05, 3.63) is 54.1 Å². The number of carbonyl (C=O) groups is 1. The van der Waals surface area contributed by atoms with Crippen molar-refractivity contribution < 1.29 is 18.3 Å². The lowest BCUT2D eigenvalue weighted by Crippen LogP contribution is -2.50. The molecule has 0 atom stereocenters. The van der Waals surface area contributed by atoms with E-state index in [9.17, 15) is 13.6 Å². The van der Waals surface area contributed by atoms with Crippen molar-refractivity contribution in [3.63, 3.8) is 0 Å². The molecule has 7 heteroatoms. The number of hydrogen-bond donors (Lipinski definition) is 1. The van der Waals surface area contributed by atoms with Crippen molar-refractivity contribution >= 4 is 17.4 Å². The zero-order valence-corrected chi connectivity index (χ0v) is 13.8. The zero-order chi connectivity index (χ0) is 17.8. The van der Waals surface area contributed by atoms with Crippen molar-refractivity contribution in [1.29, 1.82) is 0 Å². The van der Waals surface area contributed by atoms with Gasteiger partial charge in [0.2, 0.25) is 0 Å². The molecule has 1 fully saturated rings. The van der Waals surface area contributed by atoms with E-state index in [1.54, 1.807) is 24.1 Å². The molecule has 1 aliphatic rings. The van der Waals surface area contributed by atoms with Crippen molar-refractivity contribution in [3.8, 4) is 5.75 Å². The number of nitrogens with zero attached hydrogens (tertiary/aromatic N) is 2. The number of nitrogens with one attached hydrogen (secondary N) is 1. The Balaban J connectivity index is 1.61. The summed E-state index contributed by atoms with van der Waals surface area (Å²) in [6, 6.07) is 10.5. The van der Waals surface area contributed by atoms with Crippen molar-refractivity contribution in [1.82, 2.24) is 4.90 Å². The number of benzene rings is 2. The van der Waals surface area contributed by atoms with Crippen LogP contribution in [0, 0.1) is 11.6 Å². The summed E-state index contributed by atoms with van der Waals surface area (Å²) in [7, 11) is 1.54. The third kappa shape index (κ3) is 3.81. The van der Waals surface area contributed by atoms with Gasteiger partial charge < -0.3 is 19.9 Å². The van der Waals surface area contributed by atoms with E-state index in [1.807, 2.05) is 17.0 Å². The number of rotatable bonds is 3. The number of ether oxygens (including phenoxy) is 1. The summed E-state index contributed by atoms with van der Waals surface area (Å²) in [6.45, 7) is 1.83. The minimum atomic E-state index is -0.601. The standard InChI is InChI=1S/C18H19F2N3O2/c1-25-17-5-3-2-4-15(17)21-18(24)23-10-8-22(9-11-23)16-7-6-13(19)12-14(16)20/h2-7,12H,8-11H2,1H3,(H,21,24). The monoisotopic (exact) mass is 347 g/mol. The number of anilines is 2. The summed E-state index contributed by atoms with van der Waals surface area (Å²) in [5.74, 6) is -0.606. The molecule has 2 aromatic rings. The second kappa shape index (κ2) is 7.38. The highest BCUT2D eigenvalue weighted by atomic mass is 19.1. The van der Waals surface area contributed by atoms with Gasteiger partial charge in [-0.05, 0) is 24.3 Å². The van der Waals surface area contributed by atoms with Gasteiger partial charge in [0, 0.05) is 32.2 Å². The molecular formula is C18H19F2N3O2. The Kier molecular flexibility index (Phi) is 5.02. The van der Waals surface area contributed by atoms with Gasteiger partial charge in [-0.25, -0.2) is 13.6 Å². The Morgan fingerprint density at radius 2 is 1.80 bits per heavy atom. The number of piperazine rings is 1. The van der Waals surface area contributed by atoms with E-state index in [4.69, 9.17) is 4.74 Å². The van der Waals surface area contributed by atoms with Crippen LogP contribution in [0.4, 0.5) is 25.0 Å². The van der Waals surface area contributed by atoms with Gasteiger partial charge in [0.05, 0.1) is 18.5 Å². The maximum atomic E-state index is 13.9. The van der Waals surface area contributed by atoms with Crippen molar-refractivity contribution in [2.45, 2.75) is 0 Å². The molecule has 1 aliphatic heterocycles. The molecule has 0 saturated carbocycles. The molecule has 0 radical (unpaired) electrons. The van der Waals surface area contributed by atoms with Crippen molar-refractivity contribution in [2.24, 2.45) is 0 Å².